The Kier molecular flexibility index (Phi) is 5.49. The topological polar surface area (TPSA) is 49.4 Å². The molecule has 24 heavy (non-hydrogen) atoms. The molecule has 1 N–H and O–H groups in total. The molecule has 0 unspecified atom stereocenters. The first-order chi connectivity index (χ1) is 11.6. The summed E-state index contributed by atoms with van der Waals surface area (Å²) in [5.41, 5.74) is 1.49. The number of carbonyl (C=O) groups is 2. The summed E-state index contributed by atoms with van der Waals surface area (Å²) in [6, 6.07) is 8.20. The Morgan fingerprint density at radius 1 is 1.21 bits per heavy atom. The molecule has 0 saturated carbocycles. The Morgan fingerprint density at radius 2 is 1.96 bits per heavy atom. The maximum absolute atomic E-state index is 12.5. The van der Waals surface area contributed by atoms with Gasteiger partial charge in [0, 0.05) is 31.0 Å². The molecule has 2 amide bonds. The molecule has 3 rings (SSSR count). The predicted molar refractivity (Wildman–Crippen MR) is 97.0 cm³/mol. The van der Waals surface area contributed by atoms with Crippen LogP contribution in [-0.4, -0.2) is 42.1 Å². The van der Waals surface area contributed by atoms with Crippen molar-refractivity contribution in [2.75, 3.05) is 25.4 Å². The molecule has 0 aromatic heterocycles. The van der Waals surface area contributed by atoms with Crippen LogP contribution in [0.1, 0.15) is 37.7 Å². The monoisotopic (exact) mass is 346 g/mol. The van der Waals surface area contributed by atoms with E-state index in [2.05, 4.69) is 24.4 Å². The van der Waals surface area contributed by atoms with Crippen LogP contribution in [0.5, 0.6) is 0 Å². The van der Waals surface area contributed by atoms with Crippen molar-refractivity contribution in [3.05, 3.63) is 29.8 Å². The van der Waals surface area contributed by atoms with Gasteiger partial charge >= 0.3 is 0 Å². The predicted octanol–water partition coefficient (Wildman–Crippen LogP) is 3.00. The van der Waals surface area contributed by atoms with Crippen LogP contribution in [0, 0.1) is 12.3 Å². The molecule has 2 fully saturated rings. The fourth-order valence-corrected chi connectivity index (χ4v) is 4.67. The normalized spacial score (nSPS) is 20.5. The Bertz CT molecular complexity index is 609. The van der Waals surface area contributed by atoms with Crippen LogP contribution in [0.15, 0.2) is 29.2 Å². The molecule has 0 radical (unpaired) electrons. The van der Waals surface area contributed by atoms with Gasteiger partial charge in [-0.3, -0.25) is 9.59 Å². The second-order valence-electron chi connectivity index (χ2n) is 7.03. The van der Waals surface area contributed by atoms with E-state index in [1.807, 2.05) is 17.0 Å². The van der Waals surface area contributed by atoms with E-state index in [0.717, 1.165) is 45.3 Å². The maximum Gasteiger partial charge on any atom is 0.232 e. The molecule has 0 bridgehead atoms. The van der Waals surface area contributed by atoms with E-state index in [1.54, 1.807) is 11.8 Å². The summed E-state index contributed by atoms with van der Waals surface area (Å²) in [6.07, 6.45) is 4.72. The number of piperidine rings is 1. The maximum atomic E-state index is 12.5. The lowest BCUT2D eigenvalue weighted by Gasteiger charge is -2.41. The van der Waals surface area contributed by atoms with Crippen molar-refractivity contribution in [3.63, 3.8) is 0 Å². The third-order valence-corrected chi connectivity index (χ3v) is 6.64. The van der Waals surface area contributed by atoms with Gasteiger partial charge in [0.15, 0.2) is 0 Å². The van der Waals surface area contributed by atoms with Gasteiger partial charge in [0.05, 0.1) is 5.75 Å². The summed E-state index contributed by atoms with van der Waals surface area (Å²) < 4.78 is 0. The summed E-state index contributed by atoms with van der Waals surface area (Å²) in [6.45, 7) is 4.54. The van der Waals surface area contributed by atoms with Crippen LogP contribution in [0.3, 0.4) is 0 Å². The van der Waals surface area contributed by atoms with Crippen molar-refractivity contribution in [2.24, 2.45) is 5.41 Å². The number of rotatable bonds is 3. The zero-order valence-electron chi connectivity index (χ0n) is 14.3. The van der Waals surface area contributed by atoms with Gasteiger partial charge in [-0.15, -0.1) is 11.8 Å². The first-order valence-electron chi connectivity index (χ1n) is 8.81. The molecule has 2 heterocycles. The molecule has 1 aromatic rings. The van der Waals surface area contributed by atoms with E-state index in [1.165, 1.54) is 10.5 Å². The van der Waals surface area contributed by atoms with Gasteiger partial charge in [-0.1, -0.05) is 18.2 Å². The molecular formula is C19H26N2O2S. The van der Waals surface area contributed by atoms with Crippen LogP contribution in [-0.2, 0) is 9.59 Å². The van der Waals surface area contributed by atoms with Gasteiger partial charge in [-0.2, -0.15) is 0 Å². The van der Waals surface area contributed by atoms with Crippen molar-refractivity contribution in [1.29, 1.82) is 0 Å². The van der Waals surface area contributed by atoms with E-state index >= 15 is 0 Å². The van der Waals surface area contributed by atoms with Crippen LogP contribution in [0.25, 0.3) is 0 Å². The standard InChI is InChI=1S/C19H26N2O2S/c1-15-4-2-3-5-16(15)24-14-18(23)21-12-9-19(10-13-21)7-6-17(22)20-11-8-19/h2-5H,6-14H2,1H3,(H,20,22). The number of hydrogen-bond donors (Lipinski definition) is 1. The number of thioether (sulfide) groups is 1. The summed E-state index contributed by atoms with van der Waals surface area (Å²) in [5, 5.41) is 2.97. The second kappa shape index (κ2) is 7.60. The minimum Gasteiger partial charge on any atom is -0.356 e. The number of nitrogens with zero attached hydrogens (tertiary/aromatic N) is 1. The van der Waals surface area contributed by atoms with Crippen molar-refractivity contribution in [2.45, 2.75) is 43.9 Å². The van der Waals surface area contributed by atoms with Crippen molar-refractivity contribution < 1.29 is 9.59 Å². The molecule has 130 valence electrons. The molecule has 4 nitrogen and oxygen atoms in total. The Hall–Kier alpha value is -1.49. The number of likely N-dealkylation sites (tertiary alicyclic amines) is 1. The average Bonchev–Trinajstić information content (AvgIpc) is 2.77. The van der Waals surface area contributed by atoms with Gasteiger partial charge in [-0.05, 0) is 49.7 Å². The van der Waals surface area contributed by atoms with E-state index in [4.69, 9.17) is 0 Å². The van der Waals surface area contributed by atoms with Gasteiger partial charge in [0.1, 0.15) is 0 Å². The fourth-order valence-electron chi connectivity index (χ4n) is 3.74. The summed E-state index contributed by atoms with van der Waals surface area (Å²) in [4.78, 5) is 27.3. The molecule has 2 aliphatic heterocycles. The SMILES string of the molecule is Cc1ccccc1SCC(=O)N1CCC2(CCNC(=O)CC2)CC1. The first-order valence-corrected chi connectivity index (χ1v) is 9.79. The van der Waals surface area contributed by atoms with Crippen molar-refractivity contribution in [1.82, 2.24) is 10.2 Å². The number of hydrogen-bond acceptors (Lipinski definition) is 3. The fraction of sp³-hybridized carbons (Fsp3) is 0.579. The van der Waals surface area contributed by atoms with Crippen molar-refractivity contribution in [3.8, 4) is 0 Å². The molecule has 1 spiro atoms. The minimum absolute atomic E-state index is 0.181. The van der Waals surface area contributed by atoms with Gasteiger partial charge in [0.2, 0.25) is 11.8 Å². The summed E-state index contributed by atoms with van der Waals surface area (Å²) >= 11 is 1.63. The molecule has 2 saturated heterocycles. The second-order valence-corrected chi connectivity index (χ2v) is 8.05. The van der Waals surface area contributed by atoms with Crippen LogP contribution < -0.4 is 5.32 Å². The van der Waals surface area contributed by atoms with Gasteiger partial charge in [0.25, 0.3) is 0 Å². The average molecular weight is 346 g/mol. The number of amides is 2. The summed E-state index contributed by atoms with van der Waals surface area (Å²) in [7, 11) is 0. The van der Waals surface area contributed by atoms with E-state index in [9.17, 15) is 9.59 Å². The lowest BCUT2D eigenvalue weighted by atomic mass is 9.73. The molecule has 0 aliphatic carbocycles. The van der Waals surface area contributed by atoms with Crippen LogP contribution in [0.2, 0.25) is 0 Å². The summed E-state index contributed by atoms with van der Waals surface area (Å²) in [5.74, 6) is 0.929. The molecule has 5 heteroatoms. The van der Waals surface area contributed by atoms with Crippen LogP contribution in [0.4, 0.5) is 0 Å². The highest BCUT2D eigenvalue weighted by Crippen LogP contribution is 2.40. The number of aryl methyl sites for hydroxylation is 1. The molecule has 1 aromatic carbocycles. The smallest absolute Gasteiger partial charge is 0.232 e. The van der Waals surface area contributed by atoms with E-state index in [0.29, 0.717) is 12.2 Å². The van der Waals surface area contributed by atoms with Gasteiger partial charge < -0.3 is 10.2 Å². The quantitative estimate of drug-likeness (QED) is 0.856. The van der Waals surface area contributed by atoms with E-state index in [-0.39, 0.29) is 17.2 Å². The highest BCUT2D eigenvalue weighted by Gasteiger charge is 2.37. The van der Waals surface area contributed by atoms with Crippen molar-refractivity contribution >= 4 is 23.6 Å². The Balaban J connectivity index is 1.50. The zero-order chi connectivity index (χ0) is 17.0. The number of benzene rings is 1. The van der Waals surface area contributed by atoms with E-state index < -0.39 is 0 Å². The number of nitrogens with one attached hydrogen (secondary N) is 1. The Morgan fingerprint density at radius 3 is 2.71 bits per heavy atom. The largest absolute Gasteiger partial charge is 0.356 e. The lowest BCUT2D eigenvalue weighted by molar-refractivity contribution is -0.131. The third-order valence-electron chi connectivity index (χ3n) is 5.48. The highest BCUT2D eigenvalue weighted by molar-refractivity contribution is 8.00. The third kappa shape index (κ3) is 4.12. The zero-order valence-corrected chi connectivity index (χ0v) is 15.2. The number of carbonyl (C=O) groups excluding carboxylic acids is 2. The Labute approximate surface area is 148 Å². The lowest BCUT2D eigenvalue weighted by Crippen LogP contribution is -2.44. The molecule has 2 aliphatic rings. The molecular weight excluding hydrogens is 320 g/mol. The van der Waals surface area contributed by atoms with Crippen LogP contribution >= 0.6 is 11.8 Å². The molecule has 0 atom stereocenters. The van der Waals surface area contributed by atoms with Gasteiger partial charge in [-0.25, -0.2) is 0 Å². The first kappa shape index (κ1) is 17.3. The highest BCUT2D eigenvalue weighted by atomic mass is 32.2. The minimum atomic E-state index is 0.181.